The smallest absolute Gasteiger partial charge is 0.335 e. The van der Waals surface area contributed by atoms with Gasteiger partial charge in [0, 0.05) is 11.6 Å². The molecule has 0 aliphatic rings. The third-order valence-corrected chi connectivity index (χ3v) is 5.43. The molecule has 0 saturated carbocycles. The normalized spacial score (nSPS) is 12.2. The van der Waals surface area contributed by atoms with Gasteiger partial charge >= 0.3 is 5.97 Å². The first-order valence-corrected chi connectivity index (χ1v) is 9.27. The molecule has 0 spiro atoms. The molecule has 3 aromatic heterocycles. The number of para-hydroxylation sites is 2. The molecule has 0 bridgehead atoms. The minimum Gasteiger partial charge on any atom is -0.478 e. The van der Waals surface area contributed by atoms with Crippen LogP contribution in [-0.4, -0.2) is 20.5 Å². The molecule has 6 nitrogen and oxygen atoms in total. The van der Waals surface area contributed by atoms with E-state index in [0.717, 1.165) is 16.6 Å². The van der Waals surface area contributed by atoms with Gasteiger partial charge in [-0.05, 0) is 36.4 Å². The van der Waals surface area contributed by atoms with Crippen molar-refractivity contribution in [1.29, 1.82) is 0 Å². The van der Waals surface area contributed by atoms with E-state index < -0.39 is 5.97 Å². The molecule has 2 aromatic carbocycles. The summed E-state index contributed by atoms with van der Waals surface area (Å²) in [7, 11) is 0. The number of carbonyl (C=O) groups is 1. The number of fused-ring (bicyclic) bond motifs is 3. The summed E-state index contributed by atoms with van der Waals surface area (Å²) in [5, 5.41) is 8.98. The number of imidazole rings is 1. The molecule has 0 aliphatic carbocycles. The highest BCUT2D eigenvalue weighted by atomic mass is 32.1. The number of thiazole rings is 1. The third-order valence-electron chi connectivity index (χ3n) is 4.46. The quantitative estimate of drug-likeness (QED) is 0.512. The Balaban J connectivity index is 1.56. The van der Waals surface area contributed by atoms with E-state index in [1.165, 1.54) is 23.5 Å². The number of aromatic nitrogens is 2. The SMILES string of the molecule is O=C(O)c1ccc(-c2ccc(/C=c3/sc4nc5ccccc5n4c3=O)o2)cc1. The first kappa shape index (κ1) is 16.5. The average molecular weight is 388 g/mol. The molecule has 5 rings (SSSR count). The van der Waals surface area contributed by atoms with Crippen LogP contribution in [0.2, 0.25) is 0 Å². The molecule has 0 fully saturated rings. The van der Waals surface area contributed by atoms with Crippen LogP contribution in [0, 0.1) is 0 Å². The molecular weight excluding hydrogens is 376 g/mol. The molecule has 1 N–H and O–H groups in total. The Morgan fingerprint density at radius 3 is 2.64 bits per heavy atom. The van der Waals surface area contributed by atoms with Gasteiger partial charge in [0.15, 0.2) is 4.96 Å². The van der Waals surface area contributed by atoms with Crippen molar-refractivity contribution in [2.24, 2.45) is 0 Å². The van der Waals surface area contributed by atoms with Gasteiger partial charge in [-0.15, -0.1) is 0 Å². The monoisotopic (exact) mass is 388 g/mol. The van der Waals surface area contributed by atoms with Gasteiger partial charge in [0.2, 0.25) is 0 Å². The summed E-state index contributed by atoms with van der Waals surface area (Å²) in [6.45, 7) is 0. The maximum atomic E-state index is 12.8. The van der Waals surface area contributed by atoms with Crippen molar-refractivity contribution in [3.05, 3.63) is 86.9 Å². The molecule has 0 amide bonds. The standard InChI is InChI=1S/C21H12N2O4S/c24-19-18(28-21-22-15-3-1-2-4-16(15)23(19)21)11-14-9-10-17(27-14)12-5-7-13(8-6-12)20(25)26/h1-11H,(H,25,26)/b18-11+. The number of nitrogens with zero attached hydrogens (tertiary/aromatic N) is 2. The zero-order valence-corrected chi connectivity index (χ0v) is 15.1. The fourth-order valence-electron chi connectivity index (χ4n) is 3.10. The van der Waals surface area contributed by atoms with Crippen LogP contribution in [0.25, 0.3) is 33.4 Å². The summed E-state index contributed by atoms with van der Waals surface area (Å²) < 4.78 is 7.97. The second-order valence-electron chi connectivity index (χ2n) is 6.22. The van der Waals surface area contributed by atoms with Gasteiger partial charge in [-0.1, -0.05) is 35.6 Å². The second kappa shape index (κ2) is 6.17. The number of furan rings is 1. The lowest BCUT2D eigenvalue weighted by Crippen LogP contribution is -2.22. The minimum absolute atomic E-state index is 0.127. The Kier molecular flexibility index (Phi) is 3.63. The number of hydrogen-bond acceptors (Lipinski definition) is 5. The number of rotatable bonds is 3. The molecule has 5 aromatic rings. The van der Waals surface area contributed by atoms with E-state index >= 15 is 0 Å². The lowest BCUT2D eigenvalue weighted by atomic mass is 10.1. The van der Waals surface area contributed by atoms with Gasteiger partial charge in [-0.3, -0.25) is 4.79 Å². The number of carboxylic acid groups (broad SMARTS) is 1. The van der Waals surface area contributed by atoms with Crippen molar-refractivity contribution in [1.82, 2.24) is 9.38 Å². The number of carboxylic acids is 1. The molecule has 28 heavy (non-hydrogen) atoms. The molecule has 0 radical (unpaired) electrons. The van der Waals surface area contributed by atoms with Crippen LogP contribution in [0.1, 0.15) is 16.1 Å². The Bertz CT molecular complexity index is 1460. The van der Waals surface area contributed by atoms with Crippen LogP contribution in [0.4, 0.5) is 0 Å². The summed E-state index contributed by atoms with van der Waals surface area (Å²) in [4.78, 5) is 28.9. The summed E-state index contributed by atoms with van der Waals surface area (Å²) in [6, 6.07) is 17.5. The maximum Gasteiger partial charge on any atom is 0.335 e. The Hall–Kier alpha value is -3.71. The van der Waals surface area contributed by atoms with Gasteiger partial charge in [-0.25, -0.2) is 14.2 Å². The zero-order valence-electron chi connectivity index (χ0n) is 14.3. The largest absolute Gasteiger partial charge is 0.478 e. The molecular formula is C21H12N2O4S. The Morgan fingerprint density at radius 2 is 1.86 bits per heavy atom. The van der Waals surface area contributed by atoms with Crippen LogP contribution in [0.5, 0.6) is 0 Å². The van der Waals surface area contributed by atoms with Gasteiger partial charge in [-0.2, -0.15) is 0 Å². The number of hydrogen-bond donors (Lipinski definition) is 1. The van der Waals surface area contributed by atoms with E-state index in [4.69, 9.17) is 9.52 Å². The number of benzene rings is 2. The van der Waals surface area contributed by atoms with Crippen LogP contribution < -0.4 is 10.1 Å². The van der Waals surface area contributed by atoms with E-state index in [9.17, 15) is 9.59 Å². The fourth-order valence-corrected chi connectivity index (χ4v) is 4.07. The molecule has 136 valence electrons. The third kappa shape index (κ3) is 2.60. The summed E-state index contributed by atoms with van der Waals surface area (Å²) in [6.07, 6.45) is 1.70. The van der Waals surface area contributed by atoms with Gasteiger partial charge in [0.05, 0.1) is 16.6 Å². The van der Waals surface area contributed by atoms with Gasteiger partial charge in [0.25, 0.3) is 5.56 Å². The molecule has 0 saturated heterocycles. The maximum absolute atomic E-state index is 12.8. The van der Waals surface area contributed by atoms with Gasteiger partial charge < -0.3 is 9.52 Å². The van der Waals surface area contributed by atoms with Crippen molar-refractivity contribution >= 4 is 39.4 Å². The highest BCUT2D eigenvalue weighted by Gasteiger charge is 2.11. The fraction of sp³-hybridized carbons (Fsp3) is 0. The molecule has 0 aliphatic heterocycles. The Labute approximate surface area is 161 Å². The summed E-state index contributed by atoms with van der Waals surface area (Å²) in [5.74, 6) is 0.170. The Morgan fingerprint density at radius 1 is 1.07 bits per heavy atom. The highest BCUT2D eigenvalue weighted by molar-refractivity contribution is 7.15. The van der Waals surface area contributed by atoms with Crippen molar-refractivity contribution in [2.45, 2.75) is 0 Å². The first-order chi connectivity index (χ1) is 13.6. The summed E-state index contributed by atoms with van der Waals surface area (Å²) >= 11 is 1.31. The van der Waals surface area contributed by atoms with Crippen molar-refractivity contribution in [3.63, 3.8) is 0 Å². The van der Waals surface area contributed by atoms with Crippen molar-refractivity contribution < 1.29 is 14.3 Å². The predicted molar refractivity (Wildman–Crippen MR) is 107 cm³/mol. The van der Waals surface area contributed by atoms with Gasteiger partial charge in [0.1, 0.15) is 16.1 Å². The first-order valence-electron chi connectivity index (χ1n) is 8.45. The van der Waals surface area contributed by atoms with Crippen molar-refractivity contribution in [2.75, 3.05) is 0 Å². The molecule has 7 heteroatoms. The minimum atomic E-state index is -0.974. The summed E-state index contributed by atoms with van der Waals surface area (Å²) in [5.41, 5.74) is 2.43. The lowest BCUT2D eigenvalue weighted by Gasteiger charge is -1.98. The number of aromatic carboxylic acids is 1. The lowest BCUT2D eigenvalue weighted by molar-refractivity contribution is 0.0697. The zero-order chi connectivity index (χ0) is 19.3. The predicted octanol–water partition coefficient (Wildman–Crippen LogP) is 3.42. The topological polar surface area (TPSA) is 84.8 Å². The highest BCUT2D eigenvalue weighted by Crippen LogP contribution is 2.23. The average Bonchev–Trinajstić information content (AvgIpc) is 3.38. The second-order valence-corrected chi connectivity index (χ2v) is 7.23. The van der Waals surface area contributed by atoms with E-state index in [1.54, 1.807) is 34.7 Å². The van der Waals surface area contributed by atoms with Crippen LogP contribution in [0.3, 0.4) is 0 Å². The molecule has 0 unspecified atom stereocenters. The van der Waals surface area contributed by atoms with E-state index in [-0.39, 0.29) is 11.1 Å². The van der Waals surface area contributed by atoms with Crippen LogP contribution in [0.15, 0.2) is 69.9 Å². The molecule has 3 heterocycles. The van der Waals surface area contributed by atoms with Crippen molar-refractivity contribution in [3.8, 4) is 11.3 Å². The molecule has 0 atom stereocenters. The van der Waals surface area contributed by atoms with Crippen LogP contribution in [-0.2, 0) is 0 Å². The van der Waals surface area contributed by atoms with E-state index in [2.05, 4.69) is 4.98 Å². The van der Waals surface area contributed by atoms with E-state index in [0.29, 0.717) is 21.0 Å². The van der Waals surface area contributed by atoms with Crippen LogP contribution >= 0.6 is 11.3 Å². The van der Waals surface area contributed by atoms with E-state index in [1.807, 2.05) is 24.3 Å².